The summed E-state index contributed by atoms with van der Waals surface area (Å²) in [7, 11) is 0. The van der Waals surface area contributed by atoms with Crippen LogP contribution in [0.5, 0.6) is 0 Å². The van der Waals surface area contributed by atoms with Crippen LogP contribution in [0.25, 0.3) is 21.9 Å². The van der Waals surface area contributed by atoms with Crippen LogP contribution in [-0.2, 0) is 4.79 Å². The van der Waals surface area contributed by atoms with Crippen LogP contribution < -0.4 is 5.32 Å². The van der Waals surface area contributed by atoms with E-state index in [-0.39, 0.29) is 11.9 Å². The first-order valence-corrected chi connectivity index (χ1v) is 7.80. The van der Waals surface area contributed by atoms with Gasteiger partial charge in [0.15, 0.2) is 0 Å². The van der Waals surface area contributed by atoms with Gasteiger partial charge in [-0.2, -0.15) is 0 Å². The molecule has 0 fully saturated rings. The molecule has 2 aromatic carbocycles. The molecule has 1 amide bonds. The number of hydrogen-bond acceptors (Lipinski definition) is 3. The highest BCUT2D eigenvalue weighted by atomic mass is 16.2. The summed E-state index contributed by atoms with van der Waals surface area (Å²) in [6, 6.07) is 19.0. The van der Waals surface area contributed by atoms with Crippen molar-refractivity contribution < 1.29 is 4.79 Å². The summed E-state index contributed by atoms with van der Waals surface area (Å²) in [6.07, 6.45) is 1.70. The first-order chi connectivity index (χ1) is 11.7. The number of para-hydroxylation sites is 3. The lowest BCUT2D eigenvalue weighted by molar-refractivity contribution is -0.118. The number of anilines is 1. The molecule has 0 bridgehead atoms. The number of nitrogens with zero attached hydrogens (tertiary/aromatic N) is 3. The molecule has 5 nitrogen and oxygen atoms in total. The average Bonchev–Trinajstić information content (AvgIpc) is 3.05. The number of amides is 1. The van der Waals surface area contributed by atoms with E-state index >= 15 is 0 Å². The molecule has 1 atom stereocenters. The molecule has 0 aliphatic heterocycles. The second-order valence-electron chi connectivity index (χ2n) is 5.69. The van der Waals surface area contributed by atoms with Gasteiger partial charge in [0, 0.05) is 5.39 Å². The SMILES string of the molecule is CC(C(=O)Nc1ccc2ccccc2n1)n1cnc2ccccc21. The van der Waals surface area contributed by atoms with Gasteiger partial charge in [0.05, 0.1) is 22.9 Å². The van der Waals surface area contributed by atoms with Gasteiger partial charge >= 0.3 is 0 Å². The zero-order valence-corrected chi connectivity index (χ0v) is 13.2. The number of benzene rings is 2. The number of imidazole rings is 1. The molecule has 24 heavy (non-hydrogen) atoms. The molecule has 4 rings (SSSR count). The fourth-order valence-electron chi connectivity index (χ4n) is 2.78. The van der Waals surface area contributed by atoms with Crippen molar-refractivity contribution in [3.05, 3.63) is 67.0 Å². The van der Waals surface area contributed by atoms with E-state index in [1.807, 2.05) is 72.2 Å². The van der Waals surface area contributed by atoms with Crippen LogP contribution in [0.15, 0.2) is 67.0 Å². The van der Waals surface area contributed by atoms with Crippen molar-refractivity contribution in [3.8, 4) is 0 Å². The first kappa shape index (κ1) is 14.4. The highest BCUT2D eigenvalue weighted by Crippen LogP contribution is 2.19. The lowest BCUT2D eigenvalue weighted by atomic mass is 10.2. The van der Waals surface area contributed by atoms with Gasteiger partial charge in [-0.05, 0) is 37.3 Å². The Morgan fingerprint density at radius 1 is 1.00 bits per heavy atom. The number of carbonyl (C=O) groups excluding carboxylic acids is 1. The number of nitrogens with one attached hydrogen (secondary N) is 1. The smallest absolute Gasteiger partial charge is 0.248 e. The van der Waals surface area contributed by atoms with Gasteiger partial charge < -0.3 is 9.88 Å². The third-order valence-corrected chi connectivity index (χ3v) is 4.13. The number of rotatable bonds is 3. The quantitative estimate of drug-likeness (QED) is 0.625. The second kappa shape index (κ2) is 5.77. The van der Waals surface area contributed by atoms with Crippen molar-refractivity contribution in [2.24, 2.45) is 0 Å². The minimum atomic E-state index is -0.384. The fourth-order valence-corrected chi connectivity index (χ4v) is 2.78. The summed E-state index contributed by atoms with van der Waals surface area (Å²) in [5, 5.41) is 3.93. The molecule has 2 heterocycles. The van der Waals surface area contributed by atoms with E-state index in [0.717, 1.165) is 21.9 Å². The largest absolute Gasteiger partial charge is 0.318 e. The topological polar surface area (TPSA) is 59.8 Å². The van der Waals surface area contributed by atoms with Crippen molar-refractivity contribution in [2.45, 2.75) is 13.0 Å². The van der Waals surface area contributed by atoms with Crippen LogP contribution in [0.3, 0.4) is 0 Å². The third kappa shape index (κ3) is 2.50. The predicted octanol–water partition coefficient (Wildman–Crippen LogP) is 3.78. The molecule has 0 saturated heterocycles. The van der Waals surface area contributed by atoms with Crippen molar-refractivity contribution in [1.29, 1.82) is 0 Å². The van der Waals surface area contributed by atoms with Crippen LogP contribution in [-0.4, -0.2) is 20.4 Å². The summed E-state index contributed by atoms with van der Waals surface area (Å²) in [4.78, 5) is 21.4. The zero-order chi connectivity index (χ0) is 16.5. The molecule has 0 aliphatic rings. The lowest BCUT2D eigenvalue weighted by Gasteiger charge is -2.14. The molecule has 0 spiro atoms. The Morgan fingerprint density at radius 2 is 1.75 bits per heavy atom. The lowest BCUT2D eigenvalue weighted by Crippen LogP contribution is -2.23. The monoisotopic (exact) mass is 316 g/mol. The molecule has 0 aliphatic carbocycles. The summed E-state index contributed by atoms with van der Waals surface area (Å²) < 4.78 is 1.87. The molecular weight excluding hydrogens is 300 g/mol. The maximum Gasteiger partial charge on any atom is 0.248 e. The summed E-state index contributed by atoms with van der Waals surface area (Å²) >= 11 is 0. The Bertz CT molecular complexity index is 1040. The van der Waals surface area contributed by atoms with E-state index in [1.54, 1.807) is 6.33 Å². The fraction of sp³-hybridized carbons (Fsp3) is 0.105. The van der Waals surface area contributed by atoms with Crippen LogP contribution in [0, 0.1) is 0 Å². The maximum atomic E-state index is 12.6. The van der Waals surface area contributed by atoms with Crippen LogP contribution in [0.1, 0.15) is 13.0 Å². The van der Waals surface area contributed by atoms with Crippen molar-refractivity contribution in [2.75, 3.05) is 5.32 Å². The number of carbonyl (C=O) groups is 1. The van der Waals surface area contributed by atoms with E-state index in [1.165, 1.54) is 0 Å². The van der Waals surface area contributed by atoms with Gasteiger partial charge in [-0.1, -0.05) is 30.3 Å². The van der Waals surface area contributed by atoms with Crippen molar-refractivity contribution in [3.63, 3.8) is 0 Å². The van der Waals surface area contributed by atoms with E-state index in [9.17, 15) is 4.79 Å². The zero-order valence-electron chi connectivity index (χ0n) is 13.2. The van der Waals surface area contributed by atoms with Crippen LogP contribution >= 0.6 is 0 Å². The van der Waals surface area contributed by atoms with Gasteiger partial charge in [0.2, 0.25) is 5.91 Å². The first-order valence-electron chi connectivity index (χ1n) is 7.80. The Labute approximate surface area is 139 Å². The standard InChI is InChI=1S/C19H16N4O/c1-13(23-12-20-16-8-4-5-9-17(16)23)19(24)22-18-11-10-14-6-2-3-7-15(14)21-18/h2-13H,1H3,(H,21,22,24). The van der Waals surface area contributed by atoms with Crippen LogP contribution in [0.2, 0.25) is 0 Å². The molecular formula is C19H16N4O. The molecule has 1 unspecified atom stereocenters. The average molecular weight is 316 g/mol. The summed E-state index contributed by atoms with van der Waals surface area (Å²) in [5.41, 5.74) is 2.67. The highest BCUT2D eigenvalue weighted by Gasteiger charge is 2.17. The molecule has 0 radical (unpaired) electrons. The Balaban J connectivity index is 1.60. The molecule has 5 heteroatoms. The van der Waals surface area contributed by atoms with E-state index in [0.29, 0.717) is 5.82 Å². The van der Waals surface area contributed by atoms with Gasteiger partial charge in [0.1, 0.15) is 11.9 Å². The molecule has 4 aromatic rings. The van der Waals surface area contributed by atoms with Gasteiger partial charge in [-0.25, -0.2) is 9.97 Å². The van der Waals surface area contributed by atoms with E-state index in [2.05, 4.69) is 15.3 Å². The minimum absolute atomic E-state index is 0.124. The maximum absolute atomic E-state index is 12.6. The predicted molar refractivity (Wildman–Crippen MR) is 94.8 cm³/mol. The normalized spacial score (nSPS) is 12.4. The van der Waals surface area contributed by atoms with E-state index in [4.69, 9.17) is 0 Å². The number of fused-ring (bicyclic) bond motifs is 2. The summed E-state index contributed by atoms with van der Waals surface area (Å²) in [5.74, 6) is 0.427. The van der Waals surface area contributed by atoms with Gasteiger partial charge in [-0.3, -0.25) is 4.79 Å². The Kier molecular flexibility index (Phi) is 3.46. The number of aromatic nitrogens is 3. The number of hydrogen-bond donors (Lipinski definition) is 1. The number of pyridine rings is 1. The molecule has 1 N–H and O–H groups in total. The molecule has 0 saturated carbocycles. The van der Waals surface area contributed by atoms with Crippen LogP contribution in [0.4, 0.5) is 5.82 Å². The molecule has 118 valence electrons. The van der Waals surface area contributed by atoms with Crippen molar-refractivity contribution >= 4 is 33.7 Å². The van der Waals surface area contributed by atoms with E-state index < -0.39 is 0 Å². The second-order valence-corrected chi connectivity index (χ2v) is 5.69. The Morgan fingerprint density at radius 3 is 2.62 bits per heavy atom. The van der Waals surface area contributed by atoms with Crippen molar-refractivity contribution in [1.82, 2.24) is 14.5 Å². The Hall–Kier alpha value is -3.21. The van der Waals surface area contributed by atoms with Gasteiger partial charge in [0.25, 0.3) is 0 Å². The highest BCUT2D eigenvalue weighted by molar-refractivity contribution is 5.94. The third-order valence-electron chi connectivity index (χ3n) is 4.13. The summed E-state index contributed by atoms with van der Waals surface area (Å²) in [6.45, 7) is 1.85. The molecule has 2 aromatic heterocycles. The minimum Gasteiger partial charge on any atom is -0.318 e. The van der Waals surface area contributed by atoms with Gasteiger partial charge in [-0.15, -0.1) is 0 Å².